The molecule has 2 aliphatic rings. The molecule has 1 aromatic heterocycles. The monoisotopic (exact) mass is 356 g/mol. The van der Waals surface area contributed by atoms with E-state index < -0.39 is 0 Å². The first-order valence-corrected chi connectivity index (χ1v) is 10.1. The smallest absolute Gasteiger partial charge is 0.253 e. The minimum atomic E-state index is 0.125. The van der Waals surface area contributed by atoms with Gasteiger partial charge in [0.25, 0.3) is 5.91 Å². The summed E-state index contributed by atoms with van der Waals surface area (Å²) in [5.74, 6) is 0.737. The van der Waals surface area contributed by atoms with Gasteiger partial charge in [-0.05, 0) is 25.0 Å². The van der Waals surface area contributed by atoms with Crippen molar-refractivity contribution in [3.05, 3.63) is 40.9 Å². The van der Waals surface area contributed by atoms with Crippen molar-refractivity contribution >= 4 is 22.4 Å². The molecule has 1 saturated carbocycles. The largest absolute Gasteiger partial charge is 0.343 e. The maximum absolute atomic E-state index is 12.5. The fourth-order valence-corrected chi connectivity index (χ4v) is 4.80. The predicted molar refractivity (Wildman–Crippen MR) is 100 cm³/mol. The lowest BCUT2D eigenvalue weighted by Gasteiger charge is -2.34. The zero-order valence-electron chi connectivity index (χ0n) is 14.4. The molecule has 1 aliphatic heterocycles. The van der Waals surface area contributed by atoms with E-state index >= 15 is 0 Å². The van der Waals surface area contributed by atoms with Gasteiger partial charge in [-0.15, -0.1) is 10.2 Å². The maximum Gasteiger partial charge on any atom is 0.253 e. The number of carbonyl (C=O) groups excluding carboxylic acids is 1. The van der Waals surface area contributed by atoms with Gasteiger partial charge >= 0.3 is 0 Å². The van der Waals surface area contributed by atoms with Crippen molar-refractivity contribution in [2.45, 2.75) is 38.0 Å². The second kappa shape index (κ2) is 7.52. The second-order valence-electron chi connectivity index (χ2n) is 6.90. The first-order chi connectivity index (χ1) is 12.3. The molecule has 0 bridgehead atoms. The zero-order chi connectivity index (χ0) is 17.1. The number of aromatic nitrogens is 2. The van der Waals surface area contributed by atoms with Gasteiger partial charge in [-0.25, -0.2) is 0 Å². The molecule has 0 N–H and O–H groups in total. The zero-order valence-corrected chi connectivity index (χ0v) is 15.2. The van der Waals surface area contributed by atoms with Gasteiger partial charge in [0.1, 0.15) is 5.01 Å². The Bertz CT molecular complexity index is 703. The minimum absolute atomic E-state index is 0.125. The number of piperazine rings is 1. The Balaban J connectivity index is 1.36. The summed E-state index contributed by atoms with van der Waals surface area (Å²) in [6, 6.07) is 9.54. The van der Waals surface area contributed by atoms with Gasteiger partial charge < -0.3 is 9.80 Å². The molecule has 5 nitrogen and oxygen atoms in total. The molecule has 1 aliphatic carbocycles. The fraction of sp³-hybridized carbons (Fsp3) is 0.526. The number of hydrogen-bond donors (Lipinski definition) is 0. The lowest BCUT2D eigenvalue weighted by atomic mass is 9.90. The van der Waals surface area contributed by atoms with Crippen LogP contribution in [0.1, 0.15) is 53.4 Å². The van der Waals surface area contributed by atoms with Gasteiger partial charge in [0.15, 0.2) is 0 Å². The Labute approximate surface area is 152 Å². The molecule has 25 heavy (non-hydrogen) atoms. The molecule has 4 rings (SSSR count). The molecule has 0 atom stereocenters. The highest BCUT2D eigenvalue weighted by Gasteiger charge is 2.25. The fourth-order valence-electron chi connectivity index (χ4n) is 3.73. The van der Waals surface area contributed by atoms with Crippen LogP contribution in [0.15, 0.2) is 30.3 Å². The van der Waals surface area contributed by atoms with E-state index in [0.29, 0.717) is 5.92 Å². The molecule has 2 aromatic rings. The average Bonchev–Trinajstić information content (AvgIpc) is 3.19. The van der Waals surface area contributed by atoms with E-state index in [0.717, 1.165) is 36.9 Å². The topological polar surface area (TPSA) is 49.3 Å². The van der Waals surface area contributed by atoms with E-state index in [1.54, 1.807) is 11.3 Å². The Morgan fingerprint density at radius 3 is 2.40 bits per heavy atom. The molecule has 132 valence electrons. The number of nitrogens with zero attached hydrogens (tertiary/aromatic N) is 4. The van der Waals surface area contributed by atoms with Crippen molar-refractivity contribution in [2.75, 3.05) is 31.1 Å². The van der Waals surface area contributed by atoms with E-state index in [1.807, 2.05) is 35.2 Å². The van der Waals surface area contributed by atoms with Crippen molar-refractivity contribution in [2.24, 2.45) is 0 Å². The van der Waals surface area contributed by atoms with E-state index in [2.05, 4.69) is 15.1 Å². The van der Waals surface area contributed by atoms with Crippen molar-refractivity contribution in [1.82, 2.24) is 15.1 Å². The van der Waals surface area contributed by atoms with E-state index in [9.17, 15) is 4.79 Å². The Morgan fingerprint density at radius 2 is 1.68 bits per heavy atom. The molecule has 0 unspecified atom stereocenters. The minimum Gasteiger partial charge on any atom is -0.343 e. The van der Waals surface area contributed by atoms with E-state index in [4.69, 9.17) is 0 Å². The molecule has 2 heterocycles. The van der Waals surface area contributed by atoms with Crippen LogP contribution in [-0.2, 0) is 0 Å². The third-order valence-corrected chi connectivity index (χ3v) is 6.39. The summed E-state index contributed by atoms with van der Waals surface area (Å²) in [5.41, 5.74) is 0.770. The Morgan fingerprint density at radius 1 is 0.960 bits per heavy atom. The average molecular weight is 356 g/mol. The van der Waals surface area contributed by atoms with Crippen molar-refractivity contribution in [3.8, 4) is 0 Å². The third kappa shape index (κ3) is 3.68. The third-order valence-electron chi connectivity index (χ3n) is 5.24. The summed E-state index contributed by atoms with van der Waals surface area (Å²) in [4.78, 5) is 16.8. The van der Waals surface area contributed by atoms with Crippen LogP contribution in [0.25, 0.3) is 0 Å². The number of anilines is 1. The van der Waals surface area contributed by atoms with E-state index in [-0.39, 0.29) is 5.91 Å². The first-order valence-electron chi connectivity index (χ1n) is 9.24. The van der Waals surface area contributed by atoms with Crippen LogP contribution < -0.4 is 4.90 Å². The van der Waals surface area contributed by atoms with Crippen molar-refractivity contribution in [1.29, 1.82) is 0 Å². The van der Waals surface area contributed by atoms with Crippen LogP contribution in [0, 0.1) is 0 Å². The van der Waals surface area contributed by atoms with Crippen LogP contribution in [0.2, 0.25) is 0 Å². The quantitative estimate of drug-likeness (QED) is 0.844. The number of hydrogen-bond acceptors (Lipinski definition) is 5. The summed E-state index contributed by atoms with van der Waals surface area (Å²) >= 11 is 1.75. The second-order valence-corrected chi connectivity index (χ2v) is 7.89. The van der Waals surface area contributed by atoms with Gasteiger partial charge in [-0.3, -0.25) is 4.79 Å². The summed E-state index contributed by atoms with van der Waals surface area (Å²) in [6.07, 6.45) is 6.52. The number of carbonyl (C=O) groups is 1. The maximum atomic E-state index is 12.5. The lowest BCUT2D eigenvalue weighted by Crippen LogP contribution is -2.48. The Hall–Kier alpha value is -1.95. The van der Waals surface area contributed by atoms with Crippen LogP contribution >= 0.6 is 11.3 Å². The molecule has 1 saturated heterocycles. The number of benzene rings is 1. The summed E-state index contributed by atoms with van der Waals surface area (Å²) < 4.78 is 0. The van der Waals surface area contributed by atoms with Gasteiger partial charge in [0.05, 0.1) is 0 Å². The normalized spacial score (nSPS) is 19.2. The molecule has 1 amide bonds. The van der Waals surface area contributed by atoms with Crippen LogP contribution in [0.5, 0.6) is 0 Å². The molecular formula is C19H24N4OS. The predicted octanol–water partition coefficient (Wildman–Crippen LogP) is 3.55. The van der Waals surface area contributed by atoms with Crippen LogP contribution in [0.3, 0.4) is 0 Å². The molecule has 6 heteroatoms. The summed E-state index contributed by atoms with van der Waals surface area (Å²) in [6.45, 7) is 3.15. The van der Waals surface area contributed by atoms with Crippen molar-refractivity contribution < 1.29 is 4.79 Å². The highest BCUT2D eigenvalue weighted by molar-refractivity contribution is 7.15. The van der Waals surface area contributed by atoms with Gasteiger partial charge in [0.2, 0.25) is 5.13 Å². The number of rotatable bonds is 3. The lowest BCUT2D eigenvalue weighted by molar-refractivity contribution is 0.0746. The molecular weight excluding hydrogens is 332 g/mol. The van der Waals surface area contributed by atoms with Crippen LogP contribution in [-0.4, -0.2) is 47.2 Å². The molecule has 0 spiro atoms. The molecule has 2 fully saturated rings. The SMILES string of the molecule is O=C(c1ccccc1)N1CCN(c2nnc(C3CCCCC3)s2)CC1. The molecule has 0 radical (unpaired) electrons. The van der Waals surface area contributed by atoms with Crippen molar-refractivity contribution in [3.63, 3.8) is 0 Å². The van der Waals surface area contributed by atoms with Crippen LogP contribution in [0.4, 0.5) is 5.13 Å². The van der Waals surface area contributed by atoms with Gasteiger partial charge in [-0.1, -0.05) is 48.8 Å². The summed E-state index contributed by atoms with van der Waals surface area (Å²) in [5, 5.41) is 11.1. The standard InChI is InChI=1S/C19H24N4OS/c24-18(16-9-5-2-6-10-16)22-11-13-23(14-12-22)19-21-20-17(25-19)15-7-3-1-4-8-15/h2,5-6,9-10,15H,1,3-4,7-8,11-14H2. The first kappa shape index (κ1) is 16.5. The highest BCUT2D eigenvalue weighted by atomic mass is 32.1. The highest BCUT2D eigenvalue weighted by Crippen LogP contribution is 2.36. The van der Waals surface area contributed by atoms with Gasteiger partial charge in [-0.2, -0.15) is 0 Å². The summed E-state index contributed by atoms with van der Waals surface area (Å²) in [7, 11) is 0. The number of amides is 1. The van der Waals surface area contributed by atoms with Gasteiger partial charge in [0, 0.05) is 37.7 Å². The molecule has 1 aromatic carbocycles. The van der Waals surface area contributed by atoms with E-state index in [1.165, 1.54) is 37.1 Å². The Kier molecular flexibility index (Phi) is 4.97.